The van der Waals surface area contributed by atoms with Crippen molar-refractivity contribution >= 4 is 5.78 Å². The number of ketones is 1. The third kappa shape index (κ3) is 1.09. The standard InChI is InChI=1S/C10H16O2/c1-10(2)9(11)7-5-3-4-6-8(7)12-10/h7-8H,3-6H2,1-2H3/t7-,8+/m0/s1. The molecular formula is C10H16O2. The Morgan fingerprint density at radius 3 is 2.67 bits per heavy atom. The van der Waals surface area contributed by atoms with E-state index >= 15 is 0 Å². The summed E-state index contributed by atoms with van der Waals surface area (Å²) in [5.41, 5.74) is -0.500. The zero-order valence-corrected chi connectivity index (χ0v) is 7.80. The van der Waals surface area contributed by atoms with E-state index in [0.29, 0.717) is 5.78 Å². The summed E-state index contributed by atoms with van der Waals surface area (Å²) in [7, 11) is 0. The lowest BCUT2D eigenvalue weighted by Gasteiger charge is -2.22. The molecule has 0 N–H and O–H groups in total. The minimum absolute atomic E-state index is 0.216. The number of rotatable bonds is 0. The second kappa shape index (κ2) is 2.56. The van der Waals surface area contributed by atoms with Gasteiger partial charge in [0.05, 0.1) is 6.10 Å². The molecule has 1 saturated heterocycles. The van der Waals surface area contributed by atoms with Crippen LogP contribution in [0.3, 0.4) is 0 Å². The number of Topliss-reactive ketones (excluding diaryl/α,β-unsaturated/α-hetero) is 1. The van der Waals surface area contributed by atoms with Crippen LogP contribution in [0.25, 0.3) is 0 Å². The average Bonchev–Trinajstić information content (AvgIpc) is 2.24. The molecule has 1 aliphatic carbocycles. The predicted molar refractivity (Wildman–Crippen MR) is 45.9 cm³/mol. The number of ether oxygens (including phenoxy) is 1. The van der Waals surface area contributed by atoms with E-state index in [-0.39, 0.29) is 12.0 Å². The number of carbonyl (C=O) groups is 1. The Kier molecular flexibility index (Phi) is 1.76. The Balaban J connectivity index is 2.19. The molecule has 0 bridgehead atoms. The fourth-order valence-electron chi connectivity index (χ4n) is 2.42. The summed E-state index contributed by atoms with van der Waals surface area (Å²) in [4.78, 5) is 11.7. The van der Waals surface area contributed by atoms with Crippen LogP contribution in [0.15, 0.2) is 0 Å². The van der Waals surface area contributed by atoms with E-state index in [1.165, 1.54) is 12.8 Å². The molecule has 2 fully saturated rings. The molecule has 0 amide bonds. The highest BCUT2D eigenvalue weighted by Gasteiger charge is 2.48. The normalized spacial score (nSPS) is 39.7. The number of fused-ring (bicyclic) bond motifs is 1. The van der Waals surface area contributed by atoms with Crippen molar-refractivity contribution in [2.24, 2.45) is 5.92 Å². The quantitative estimate of drug-likeness (QED) is 0.552. The summed E-state index contributed by atoms with van der Waals surface area (Å²) in [5, 5.41) is 0. The Morgan fingerprint density at radius 1 is 1.33 bits per heavy atom. The van der Waals surface area contributed by atoms with Gasteiger partial charge in [-0.05, 0) is 26.7 Å². The third-order valence-electron chi connectivity index (χ3n) is 3.08. The van der Waals surface area contributed by atoms with Crippen molar-refractivity contribution in [1.29, 1.82) is 0 Å². The summed E-state index contributed by atoms with van der Waals surface area (Å²) in [5.74, 6) is 0.543. The van der Waals surface area contributed by atoms with Gasteiger partial charge in [-0.1, -0.05) is 12.8 Å². The van der Waals surface area contributed by atoms with Crippen molar-refractivity contribution in [3.8, 4) is 0 Å². The summed E-state index contributed by atoms with van der Waals surface area (Å²) in [6.45, 7) is 3.79. The molecule has 0 spiro atoms. The minimum atomic E-state index is -0.500. The van der Waals surface area contributed by atoms with Crippen molar-refractivity contribution < 1.29 is 9.53 Å². The molecule has 0 aromatic carbocycles. The first-order valence-electron chi connectivity index (χ1n) is 4.83. The van der Waals surface area contributed by atoms with E-state index in [1.807, 2.05) is 13.8 Å². The van der Waals surface area contributed by atoms with Crippen LogP contribution < -0.4 is 0 Å². The first-order chi connectivity index (χ1) is 5.61. The topological polar surface area (TPSA) is 26.3 Å². The molecule has 2 heteroatoms. The largest absolute Gasteiger partial charge is 0.364 e. The highest BCUT2D eigenvalue weighted by atomic mass is 16.5. The first-order valence-corrected chi connectivity index (χ1v) is 4.83. The van der Waals surface area contributed by atoms with Gasteiger partial charge >= 0.3 is 0 Å². The lowest BCUT2D eigenvalue weighted by atomic mass is 9.82. The van der Waals surface area contributed by atoms with Crippen LogP contribution in [0.1, 0.15) is 39.5 Å². The summed E-state index contributed by atoms with van der Waals surface area (Å²) in [6.07, 6.45) is 4.80. The van der Waals surface area contributed by atoms with E-state index in [2.05, 4.69) is 0 Å². The Hall–Kier alpha value is -0.370. The highest BCUT2D eigenvalue weighted by Crippen LogP contribution is 2.39. The van der Waals surface area contributed by atoms with Gasteiger partial charge in [-0.2, -0.15) is 0 Å². The monoisotopic (exact) mass is 168 g/mol. The van der Waals surface area contributed by atoms with E-state index < -0.39 is 5.60 Å². The summed E-state index contributed by atoms with van der Waals surface area (Å²) >= 11 is 0. The SMILES string of the molecule is CC1(C)O[C@@H]2CCCC[C@@H]2C1=O. The lowest BCUT2D eigenvalue weighted by molar-refractivity contribution is -0.130. The van der Waals surface area contributed by atoms with E-state index in [1.54, 1.807) is 0 Å². The Bertz CT molecular complexity index is 208. The molecule has 2 nitrogen and oxygen atoms in total. The highest BCUT2D eigenvalue weighted by molar-refractivity contribution is 5.91. The van der Waals surface area contributed by atoms with Gasteiger partial charge in [0.15, 0.2) is 5.78 Å². The zero-order chi connectivity index (χ0) is 8.77. The van der Waals surface area contributed by atoms with Crippen LogP contribution in [0.2, 0.25) is 0 Å². The number of hydrogen-bond donors (Lipinski definition) is 0. The van der Waals surface area contributed by atoms with Crippen molar-refractivity contribution in [2.45, 2.75) is 51.2 Å². The molecule has 1 aliphatic heterocycles. The fraction of sp³-hybridized carbons (Fsp3) is 0.900. The fourth-order valence-corrected chi connectivity index (χ4v) is 2.42. The van der Waals surface area contributed by atoms with Crippen LogP contribution >= 0.6 is 0 Å². The number of hydrogen-bond acceptors (Lipinski definition) is 2. The van der Waals surface area contributed by atoms with Gasteiger partial charge in [-0.3, -0.25) is 4.79 Å². The van der Waals surface area contributed by atoms with Gasteiger partial charge in [0.25, 0.3) is 0 Å². The van der Waals surface area contributed by atoms with Crippen LogP contribution in [0.4, 0.5) is 0 Å². The van der Waals surface area contributed by atoms with E-state index in [0.717, 1.165) is 12.8 Å². The molecule has 2 rings (SSSR count). The van der Waals surface area contributed by atoms with Gasteiger partial charge in [-0.15, -0.1) is 0 Å². The van der Waals surface area contributed by atoms with Gasteiger partial charge in [0.2, 0.25) is 0 Å². The van der Waals surface area contributed by atoms with Crippen molar-refractivity contribution in [1.82, 2.24) is 0 Å². The second-order valence-corrected chi connectivity index (χ2v) is 4.42. The molecule has 0 radical (unpaired) electrons. The Labute approximate surface area is 73.3 Å². The van der Waals surface area contributed by atoms with Gasteiger partial charge in [0, 0.05) is 5.92 Å². The van der Waals surface area contributed by atoms with Crippen LogP contribution in [-0.4, -0.2) is 17.5 Å². The smallest absolute Gasteiger partial charge is 0.169 e. The van der Waals surface area contributed by atoms with Crippen LogP contribution in [-0.2, 0) is 9.53 Å². The molecule has 1 saturated carbocycles. The molecular weight excluding hydrogens is 152 g/mol. The van der Waals surface area contributed by atoms with Crippen molar-refractivity contribution in [3.05, 3.63) is 0 Å². The molecule has 68 valence electrons. The van der Waals surface area contributed by atoms with Gasteiger partial charge in [-0.25, -0.2) is 0 Å². The van der Waals surface area contributed by atoms with Crippen LogP contribution in [0.5, 0.6) is 0 Å². The maximum Gasteiger partial charge on any atom is 0.169 e. The predicted octanol–water partition coefficient (Wildman–Crippen LogP) is 1.92. The maximum atomic E-state index is 11.7. The third-order valence-corrected chi connectivity index (χ3v) is 3.08. The molecule has 2 atom stereocenters. The molecule has 0 aromatic rings. The van der Waals surface area contributed by atoms with E-state index in [9.17, 15) is 4.79 Å². The first kappa shape index (κ1) is 8.24. The minimum Gasteiger partial charge on any atom is -0.364 e. The molecule has 2 aliphatic rings. The lowest BCUT2D eigenvalue weighted by Crippen LogP contribution is -2.30. The zero-order valence-electron chi connectivity index (χ0n) is 7.80. The molecule has 0 aromatic heterocycles. The van der Waals surface area contributed by atoms with Crippen LogP contribution in [0, 0.1) is 5.92 Å². The molecule has 0 unspecified atom stereocenters. The maximum absolute atomic E-state index is 11.7. The second-order valence-electron chi connectivity index (χ2n) is 4.42. The summed E-state index contributed by atoms with van der Waals surface area (Å²) in [6, 6.07) is 0. The molecule has 1 heterocycles. The molecule has 12 heavy (non-hydrogen) atoms. The average molecular weight is 168 g/mol. The van der Waals surface area contributed by atoms with E-state index in [4.69, 9.17) is 4.74 Å². The summed E-state index contributed by atoms with van der Waals surface area (Å²) < 4.78 is 5.72. The number of carbonyl (C=O) groups excluding carboxylic acids is 1. The van der Waals surface area contributed by atoms with Gasteiger partial charge in [0.1, 0.15) is 5.60 Å². The Morgan fingerprint density at radius 2 is 2.00 bits per heavy atom. The van der Waals surface area contributed by atoms with Crippen molar-refractivity contribution in [3.63, 3.8) is 0 Å². The van der Waals surface area contributed by atoms with Crippen molar-refractivity contribution in [2.75, 3.05) is 0 Å². The van der Waals surface area contributed by atoms with Gasteiger partial charge < -0.3 is 4.74 Å².